The maximum atomic E-state index is 5.27. The Balaban J connectivity index is 0.00000200. The molecule has 110 valence electrons. The number of halogens is 1. The van der Waals surface area contributed by atoms with E-state index < -0.39 is 0 Å². The summed E-state index contributed by atoms with van der Waals surface area (Å²) in [6.07, 6.45) is 2.53. The second-order valence-electron chi connectivity index (χ2n) is 4.98. The van der Waals surface area contributed by atoms with Gasteiger partial charge in [-0.05, 0) is 32.9 Å². The molecule has 1 aromatic heterocycles. The third kappa shape index (κ3) is 4.94. The summed E-state index contributed by atoms with van der Waals surface area (Å²) in [5, 5.41) is 7.17. The standard InChI is InChI=1S/C15H21N3O.ClH/c1-11-4-6-13(7-5-11)8-9-15-17-14(18-19-15)10-12(2)16-3;/h4-7,12,16H,8-10H2,1-3H3;1H. The summed E-state index contributed by atoms with van der Waals surface area (Å²) >= 11 is 0. The van der Waals surface area contributed by atoms with Gasteiger partial charge in [-0.25, -0.2) is 0 Å². The van der Waals surface area contributed by atoms with Crippen molar-refractivity contribution in [2.45, 2.75) is 39.2 Å². The number of nitrogens with one attached hydrogen (secondary N) is 1. The van der Waals surface area contributed by atoms with Gasteiger partial charge in [-0.3, -0.25) is 0 Å². The maximum Gasteiger partial charge on any atom is 0.226 e. The van der Waals surface area contributed by atoms with Crippen LogP contribution in [-0.2, 0) is 19.3 Å². The molecule has 4 nitrogen and oxygen atoms in total. The molecule has 0 saturated carbocycles. The zero-order chi connectivity index (χ0) is 13.7. The minimum absolute atomic E-state index is 0. The van der Waals surface area contributed by atoms with Gasteiger partial charge < -0.3 is 9.84 Å². The van der Waals surface area contributed by atoms with Crippen molar-refractivity contribution in [1.82, 2.24) is 15.5 Å². The van der Waals surface area contributed by atoms with Crippen molar-refractivity contribution in [2.24, 2.45) is 0 Å². The molecule has 0 bridgehead atoms. The molecular weight excluding hydrogens is 274 g/mol. The van der Waals surface area contributed by atoms with Crippen LogP contribution in [0.25, 0.3) is 0 Å². The number of benzene rings is 1. The van der Waals surface area contributed by atoms with Crippen LogP contribution in [0.15, 0.2) is 28.8 Å². The summed E-state index contributed by atoms with van der Waals surface area (Å²) < 4.78 is 5.27. The van der Waals surface area contributed by atoms with E-state index in [1.54, 1.807) is 0 Å². The number of hydrogen-bond donors (Lipinski definition) is 1. The molecule has 2 rings (SSSR count). The van der Waals surface area contributed by atoms with Crippen LogP contribution >= 0.6 is 12.4 Å². The predicted octanol–water partition coefficient (Wildman–Crippen LogP) is 2.74. The smallest absolute Gasteiger partial charge is 0.226 e. The van der Waals surface area contributed by atoms with E-state index in [9.17, 15) is 0 Å². The Morgan fingerprint density at radius 3 is 2.55 bits per heavy atom. The SMILES string of the molecule is CNC(C)Cc1noc(CCc2ccc(C)cc2)n1.Cl. The van der Waals surface area contributed by atoms with Gasteiger partial charge in [0.15, 0.2) is 5.82 Å². The summed E-state index contributed by atoms with van der Waals surface area (Å²) in [7, 11) is 1.93. The molecule has 0 aliphatic carbocycles. The molecule has 1 aromatic carbocycles. The summed E-state index contributed by atoms with van der Waals surface area (Å²) in [5.74, 6) is 1.50. The number of hydrogen-bond acceptors (Lipinski definition) is 4. The lowest BCUT2D eigenvalue weighted by atomic mass is 10.1. The fourth-order valence-corrected chi connectivity index (χ4v) is 1.86. The van der Waals surface area contributed by atoms with E-state index in [1.807, 2.05) is 7.05 Å². The topological polar surface area (TPSA) is 51.0 Å². The highest BCUT2D eigenvalue weighted by Gasteiger charge is 2.09. The van der Waals surface area contributed by atoms with E-state index in [2.05, 4.69) is 53.6 Å². The van der Waals surface area contributed by atoms with E-state index in [1.165, 1.54) is 11.1 Å². The van der Waals surface area contributed by atoms with E-state index in [0.29, 0.717) is 6.04 Å². The van der Waals surface area contributed by atoms with Gasteiger partial charge in [0.25, 0.3) is 0 Å². The quantitative estimate of drug-likeness (QED) is 0.890. The van der Waals surface area contributed by atoms with Crippen molar-refractivity contribution in [1.29, 1.82) is 0 Å². The Kier molecular flexibility index (Phi) is 6.68. The summed E-state index contributed by atoms with van der Waals surface area (Å²) in [5.41, 5.74) is 2.58. The largest absolute Gasteiger partial charge is 0.339 e. The van der Waals surface area contributed by atoms with Crippen LogP contribution in [0.5, 0.6) is 0 Å². The van der Waals surface area contributed by atoms with E-state index in [-0.39, 0.29) is 12.4 Å². The predicted molar refractivity (Wildman–Crippen MR) is 82.4 cm³/mol. The van der Waals surface area contributed by atoms with E-state index in [0.717, 1.165) is 31.0 Å². The van der Waals surface area contributed by atoms with Crippen molar-refractivity contribution < 1.29 is 4.52 Å². The highest BCUT2D eigenvalue weighted by atomic mass is 35.5. The van der Waals surface area contributed by atoms with Gasteiger partial charge in [0.1, 0.15) is 0 Å². The van der Waals surface area contributed by atoms with Gasteiger partial charge in [-0.2, -0.15) is 4.98 Å². The molecule has 0 amide bonds. The van der Waals surface area contributed by atoms with Crippen LogP contribution in [-0.4, -0.2) is 23.2 Å². The van der Waals surface area contributed by atoms with Gasteiger partial charge in [-0.15, -0.1) is 12.4 Å². The Morgan fingerprint density at radius 1 is 1.20 bits per heavy atom. The van der Waals surface area contributed by atoms with Crippen LogP contribution in [0.1, 0.15) is 29.8 Å². The second kappa shape index (κ2) is 8.02. The molecule has 0 spiro atoms. The number of aromatic nitrogens is 2. The molecule has 1 N–H and O–H groups in total. The first-order valence-corrected chi connectivity index (χ1v) is 6.71. The molecule has 0 saturated heterocycles. The number of likely N-dealkylation sites (N-methyl/N-ethyl adjacent to an activating group) is 1. The third-order valence-corrected chi connectivity index (χ3v) is 3.24. The Labute approximate surface area is 126 Å². The van der Waals surface area contributed by atoms with Crippen LogP contribution in [0.3, 0.4) is 0 Å². The van der Waals surface area contributed by atoms with Crippen molar-refractivity contribution in [3.63, 3.8) is 0 Å². The normalized spacial score (nSPS) is 11.9. The Bertz CT molecular complexity index is 510. The maximum absolute atomic E-state index is 5.27. The second-order valence-corrected chi connectivity index (χ2v) is 4.98. The Hall–Kier alpha value is -1.39. The minimum Gasteiger partial charge on any atom is -0.339 e. The number of aryl methyl sites for hydroxylation is 3. The van der Waals surface area contributed by atoms with Crippen LogP contribution in [0.4, 0.5) is 0 Å². The highest BCUT2D eigenvalue weighted by molar-refractivity contribution is 5.85. The minimum atomic E-state index is 0. The number of nitrogens with zero attached hydrogens (tertiary/aromatic N) is 2. The Morgan fingerprint density at radius 2 is 1.90 bits per heavy atom. The van der Waals surface area contributed by atoms with Crippen LogP contribution in [0, 0.1) is 6.92 Å². The fraction of sp³-hybridized carbons (Fsp3) is 0.467. The van der Waals surface area contributed by atoms with Crippen molar-refractivity contribution in [3.05, 3.63) is 47.1 Å². The zero-order valence-electron chi connectivity index (χ0n) is 12.2. The number of rotatable bonds is 6. The van der Waals surface area contributed by atoms with Crippen molar-refractivity contribution >= 4 is 12.4 Å². The summed E-state index contributed by atoms with van der Waals surface area (Å²) in [6, 6.07) is 8.92. The molecule has 20 heavy (non-hydrogen) atoms. The summed E-state index contributed by atoms with van der Waals surface area (Å²) in [6.45, 7) is 4.19. The van der Waals surface area contributed by atoms with Gasteiger partial charge in [0.05, 0.1) is 0 Å². The summed E-state index contributed by atoms with van der Waals surface area (Å²) in [4.78, 5) is 4.41. The molecule has 0 aliphatic rings. The van der Waals surface area contributed by atoms with Gasteiger partial charge in [0.2, 0.25) is 5.89 Å². The first-order chi connectivity index (χ1) is 9.17. The average molecular weight is 296 g/mol. The monoisotopic (exact) mass is 295 g/mol. The molecule has 1 unspecified atom stereocenters. The molecule has 5 heteroatoms. The average Bonchev–Trinajstić information content (AvgIpc) is 2.85. The molecule has 0 fully saturated rings. The lowest BCUT2D eigenvalue weighted by Crippen LogP contribution is -2.24. The lowest BCUT2D eigenvalue weighted by Gasteiger charge is -2.04. The van der Waals surface area contributed by atoms with Crippen LogP contribution in [0.2, 0.25) is 0 Å². The van der Waals surface area contributed by atoms with Gasteiger partial charge >= 0.3 is 0 Å². The van der Waals surface area contributed by atoms with Gasteiger partial charge in [0, 0.05) is 18.9 Å². The zero-order valence-corrected chi connectivity index (χ0v) is 13.0. The van der Waals surface area contributed by atoms with Crippen molar-refractivity contribution in [3.8, 4) is 0 Å². The first-order valence-electron chi connectivity index (χ1n) is 6.71. The third-order valence-electron chi connectivity index (χ3n) is 3.24. The van der Waals surface area contributed by atoms with Gasteiger partial charge in [-0.1, -0.05) is 35.0 Å². The van der Waals surface area contributed by atoms with E-state index in [4.69, 9.17) is 4.52 Å². The molecule has 1 heterocycles. The lowest BCUT2D eigenvalue weighted by molar-refractivity contribution is 0.371. The molecular formula is C15H22ClN3O. The first kappa shape index (κ1) is 16.7. The van der Waals surface area contributed by atoms with Crippen LogP contribution < -0.4 is 5.32 Å². The molecule has 2 aromatic rings. The molecule has 0 aliphatic heterocycles. The fourth-order valence-electron chi connectivity index (χ4n) is 1.86. The highest BCUT2D eigenvalue weighted by Crippen LogP contribution is 2.08. The van der Waals surface area contributed by atoms with Crippen molar-refractivity contribution in [2.75, 3.05) is 7.05 Å². The molecule has 1 atom stereocenters. The molecule has 0 radical (unpaired) electrons. The van der Waals surface area contributed by atoms with E-state index >= 15 is 0 Å².